The van der Waals surface area contributed by atoms with Crippen molar-refractivity contribution in [2.45, 2.75) is 36.6 Å². The van der Waals surface area contributed by atoms with Crippen LogP contribution in [-0.4, -0.2) is 56.5 Å². The minimum absolute atomic E-state index is 0.0405. The smallest absolute Gasteiger partial charge is 0.373 e. The first-order chi connectivity index (χ1) is 17.3. The second-order valence-corrected chi connectivity index (χ2v) is 9.86. The number of esters is 2. The second kappa shape index (κ2) is 9.26. The molecule has 0 spiro atoms. The molecule has 0 radical (unpaired) electrons. The topological polar surface area (TPSA) is 145 Å². The fourth-order valence-electron chi connectivity index (χ4n) is 4.67. The maximum Gasteiger partial charge on any atom is 0.373 e. The number of nitro groups is 1. The van der Waals surface area contributed by atoms with Gasteiger partial charge in [0.25, 0.3) is 17.3 Å². The Hall–Kier alpha value is -3.93. The van der Waals surface area contributed by atoms with Gasteiger partial charge in [-0.25, -0.2) is 4.79 Å². The molecule has 3 saturated heterocycles. The van der Waals surface area contributed by atoms with Gasteiger partial charge in [0.1, 0.15) is 18.0 Å². The molecule has 4 atom stereocenters. The van der Waals surface area contributed by atoms with Crippen molar-refractivity contribution in [1.29, 1.82) is 0 Å². The van der Waals surface area contributed by atoms with E-state index in [2.05, 4.69) is 5.32 Å². The molecule has 1 N–H and O–H groups in total. The number of hydrogen-bond acceptors (Lipinski definition) is 9. The number of fused-ring (bicyclic) bond motifs is 3. The zero-order chi connectivity index (χ0) is 25.4. The molecule has 2 aromatic rings. The van der Waals surface area contributed by atoms with Crippen molar-refractivity contribution in [3.8, 4) is 0 Å². The number of nitro benzene ring substituents is 1. The zero-order valence-corrected chi connectivity index (χ0v) is 19.6. The van der Waals surface area contributed by atoms with Crippen molar-refractivity contribution in [1.82, 2.24) is 10.2 Å². The van der Waals surface area contributed by atoms with Crippen molar-refractivity contribution in [3.63, 3.8) is 0 Å². The minimum atomic E-state index is -1.90. The van der Waals surface area contributed by atoms with Crippen LogP contribution in [-0.2, 0) is 41.7 Å². The average Bonchev–Trinajstić information content (AvgIpc) is 3.22. The molecule has 0 unspecified atom stereocenters. The van der Waals surface area contributed by atoms with Gasteiger partial charge in [-0.05, 0) is 23.3 Å². The second-order valence-electron chi connectivity index (χ2n) is 8.71. The van der Waals surface area contributed by atoms with E-state index in [1.807, 2.05) is 30.3 Å². The molecule has 36 heavy (non-hydrogen) atoms. The van der Waals surface area contributed by atoms with Gasteiger partial charge in [-0.3, -0.25) is 29.4 Å². The number of ether oxygens (including phenoxy) is 2. The van der Waals surface area contributed by atoms with Crippen LogP contribution >= 0.6 is 11.8 Å². The average molecular weight is 512 g/mol. The monoisotopic (exact) mass is 511 g/mol. The van der Waals surface area contributed by atoms with E-state index in [9.17, 15) is 29.3 Å². The standard InChI is InChI=1S/C24H21N3O8S/c28-18(10-14-4-2-1-3-5-14)25-20-21(30)26-22(20)36-13-16-11-19(29)35-24(16,26)23(31)34-12-15-6-8-17(9-7-15)27(32)33/h1-9,16,20,22H,10-13H2,(H,25,28)/t16-,20+,22+,24+/m0/s1. The lowest BCUT2D eigenvalue weighted by atomic mass is 9.89. The molecule has 3 aliphatic heterocycles. The van der Waals surface area contributed by atoms with Crippen molar-refractivity contribution in [2.24, 2.45) is 5.92 Å². The molecule has 3 aliphatic rings. The van der Waals surface area contributed by atoms with Crippen molar-refractivity contribution >= 4 is 41.2 Å². The largest absolute Gasteiger partial charge is 0.456 e. The fourth-order valence-corrected chi connectivity index (χ4v) is 6.23. The Labute approximate surface area is 209 Å². The molecule has 2 amide bonds. The summed E-state index contributed by atoms with van der Waals surface area (Å²) >= 11 is 1.37. The number of rotatable bonds is 7. The summed E-state index contributed by atoms with van der Waals surface area (Å²) in [6, 6.07) is 13.7. The number of non-ortho nitro benzene ring substituents is 1. The molecule has 11 nitrogen and oxygen atoms in total. The van der Waals surface area contributed by atoms with E-state index in [-0.39, 0.29) is 31.0 Å². The van der Waals surface area contributed by atoms with Gasteiger partial charge in [-0.1, -0.05) is 30.3 Å². The van der Waals surface area contributed by atoms with E-state index in [4.69, 9.17) is 9.47 Å². The first-order valence-electron chi connectivity index (χ1n) is 11.2. The number of thioether (sulfide) groups is 1. The van der Waals surface area contributed by atoms with Crippen LogP contribution in [0.25, 0.3) is 0 Å². The van der Waals surface area contributed by atoms with Crippen molar-refractivity contribution in [2.75, 3.05) is 5.75 Å². The molecule has 186 valence electrons. The Balaban J connectivity index is 1.29. The van der Waals surface area contributed by atoms with Gasteiger partial charge >= 0.3 is 11.9 Å². The van der Waals surface area contributed by atoms with Gasteiger partial charge in [-0.15, -0.1) is 11.8 Å². The van der Waals surface area contributed by atoms with Gasteiger partial charge in [-0.2, -0.15) is 0 Å². The van der Waals surface area contributed by atoms with Crippen molar-refractivity contribution < 1.29 is 33.6 Å². The highest BCUT2D eigenvalue weighted by atomic mass is 32.2. The maximum atomic E-state index is 13.3. The van der Waals surface area contributed by atoms with Crippen LogP contribution in [0.2, 0.25) is 0 Å². The lowest BCUT2D eigenvalue weighted by Gasteiger charge is -2.56. The highest BCUT2D eigenvalue weighted by Crippen LogP contribution is 2.51. The molecule has 2 aromatic carbocycles. The molecule has 0 saturated carbocycles. The first-order valence-corrected chi connectivity index (χ1v) is 12.2. The number of carbonyl (C=O) groups excluding carboxylic acids is 4. The summed E-state index contributed by atoms with van der Waals surface area (Å²) in [5.41, 5.74) is -0.710. The summed E-state index contributed by atoms with van der Waals surface area (Å²) in [6.07, 6.45) is 0.0587. The van der Waals surface area contributed by atoms with Crippen LogP contribution in [0.4, 0.5) is 5.69 Å². The normalized spacial score (nSPS) is 26.2. The number of carbonyl (C=O) groups is 4. The van der Waals surface area contributed by atoms with Crippen LogP contribution in [0.1, 0.15) is 17.5 Å². The lowest BCUT2D eigenvalue weighted by Crippen LogP contribution is -2.80. The van der Waals surface area contributed by atoms with E-state index in [1.54, 1.807) is 0 Å². The SMILES string of the molecule is O=C(Cc1ccccc1)N[C@@H]1C(=O)N2[C@@H]1SC[C@@H]1CC(=O)O[C@@]12C(=O)OCc1ccc([N+](=O)[O-])cc1. The maximum absolute atomic E-state index is 13.3. The Bertz CT molecular complexity index is 1240. The summed E-state index contributed by atoms with van der Waals surface area (Å²) in [6.45, 7) is -0.222. The third kappa shape index (κ3) is 4.06. The molecule has 5 rings (SSSR count). The molecule has 0 aliphatic carbocycles. The predicted octanol–water partition coefficient (Wildman–Crippen LogP) is 1.54. The number of amides is 2. The van der Waals surface area contributed by atoms with Crippen LogP contribution < -0.4 is 5.32 Å². The Morgan fingerprint density at radius 2 is 1.86 bits per heavy atom. The number of benzene rings is 2. The first kappa shape index (κ1) is 23.8. The fraction of sp³-hybridized carbons (Fsp3) is 0.333. The number of hydrogen-bond donors (Lipinski definition) is 1. The third-order valence-electron chi connectivity index (χ3n) is 6.44. The minimum Gasteiger partial charge on any atom is -0.456 e. The number of β-lactam (4-membered cyclic amide) rings is 1. The van der Waals surface area contributed by atoms with E-state index in [1.165, 1.54) is 40.9 Å². The molecule has 3 fully saturated rings. The Kier molecular flexibility index (Phi) is 6.12. The highest BCUT2D eigenvalue weighted by molar-refractivity contribution is 8.00. The van der Waals surface area contributed by atoms with Crippen LogP contribution in [0.15, 0.2) is 54.6 Å². The Morgan fingerprint density at radius 3 is 2.56 bits per heavy atom. The molecule has 12 heteroatoms. The highest BCUT2D eigenvalue weighted by Gasteiger charge is 2.71. The van der Waals surface area contributed by atoms with E-state index in [0.29, 0.717) is 11.3 Å². The predicted molar refractivity (Wildman–Crippen MR) is 125 cm³/mol. The summed E-state index contributed by atoms with van der Waals surface area (Å²) in [7, 11) is 0. The summed E-state index contributed by atoms with van der Waals surface area (Å²) in [4.78, 5) is 62.7. The molecular weight excluding hydrogens is 490 g/mol. The molecule has 0 bridgehead atoms. The molecule has 3 heterocycles. The third-order valence-corrected chi connectivity index (χ3v) is 7.86. The number of nitrogens with one attached hydrogen (secondary N) is 1. The van der Waals surface area contributed by atoms with E-state index < -0.39 is 45.8 Å². The van der Waals surface area contributed by atoms with Gasteiger partial charge in [0.05, 0.1) is 17.8 Å². The van der Waals surface area contributed by atoms with Gasteiger partial charge in [0.2, 0.25) is 5.91 Å². The number of nitrogens with zero attached hydrogens (tertiary/aromatic N) is 2. The van der Waals surface area contributed by atoms with Gasteiger partial charge < -0.3 is 14.8 Å². The van der Waals surface area contributed by atoms with Gasteiger partial charge in [0, 0.05) is 23.8 Å². The van der Waals surface area contributed by atoms with Crippen molar-refractivity contribution in [3.05, 3.63) is 75.8 Å². The van der Waals surface area contributed by atoms with E-state index in [0.717, 1.165) is 5.56 Å². The summed E-state index contributed by atoms with van der Waals surface area (Å²) < 4.78 is 10.9. The molecule has 0 aromatic heterocycles. The molecular formula is C24H21N3O8S. The zero-order valence-electron chi connectivity index (χ0n) is 18.8. The summed E-state index contributed by atoms with van der Waals surface area (Å²) in [5.74, 6) is -2.60. The lowest BCUT2D eigenvalue weighted by molar-refractivity contribution is -0.384. The van der Waals surface area contributed by atoms with Crippen LogP contribution in [0.5, 0.6) is 0 Å². The van der Waals surface area contributed by atoms with Crippen LogP contribution in [0, 0.1) is 16.0 Å². The Morgan fingerprint density at radius 1 is 1.14 bits per heavy atom. The van der Waals surface area contributed by atoms with Gasteiger partial charge in [0.15, 0.2) is 0 Å². The van der Waals surface area contributed by atoms with E-state index >= 15 is 0 Å². The van der Waals surface area contributed by atoms with Crippen LogP contribution in [0.3, 0.4) is 0 Å². The quantitative estimate of drug-likeness (QED) is 0.253. The summed E-state index contributed by atoms with van der Waals surface area (Å²) in [5, 5.41) is 13.0.